The van der Waals surface area contributed by atoms with Gasteiger partial charge in [0.25, 0.3) is 5.56 Å². The van der Waals surface area contributed by atoms with Crippen molar-refractivity contribution in [2.75, 3.05) is 11.1 Å². The summed E-state index contributed by atoms with van der Waals surface area (Å²) in [6.45, 7) is 0. The van der Waals surface area contributed by atoms with Gasteiger partial charge in [-0.25, -0.2) is 9.97 Å². The minimum Gasteiger partial charge on any atom is -0.368 e. The number of H-pyrrole nitrogens is 2. The van der Waals surface area contributed by atoms with Crippen molar-refractivity contribution in [2.24, 2.45) is 0 Å². The van der Waals surface area contributed by atoms with E-state index in [1.807, 2.05) is 0 Å². The molecule has 4 rings (SSSR count). The zero-order valence-corrected chi connectivity index (χ0v) is 11.6. The minimum atomic E-state index is -0.121. The van der Waals surface area contributed by atoms with Crippen molar-refractivity contribution in [1.29, 1.82) is 0 Å². The van der Waals surface area contributed by atoms with Crippen LogP contribution < -0.4 is 16.6 Å². The fourth-order valence-electron chi connectivity index (χ4n) is 2.73. The molecule has 0 unspecified atom stereocenters. The SMILES string of the molecule is Nc1nc(NC2CC(c3cc(=O)[nH]cn3)C2)c2[nH]cnc2n1. The Morgan fingerprint density at radius 1 is 1.18 bits per heavy atom. The Hall–Kier alpha value is -2.97. The largest absolute Gasteiger partial charge is 0.368 e. The molecule has 9 heteroatoms. The fourth-order valence-corrected chi connectivity index (χ4v) is 2.73. The minimum absolute atomic E-state index is 0.121. The predicted molar refractivity (Wildman–Crippen MR) is 80.3 cm³/mol. The average Bonchev–Trinajstić information content (AvgIpc) is 2.90. The lowest BCUT2D eigenvalue weighted by atomic mass is 9.78. The Labute approximate surface area is 124 Å². The van der Waals surface area contributed by atoms with E-state index in [0.29, 0.717) is 11.5 Å². The number of hydrogen-bond acceptors (Lipinski definition) is 7. The Morgan fingerprint density at radius 2 is 2.00 bits per heavy atom. The molecule has 0 saturated heterocycles. The van der Waals surface area contributed by atoms with Crippen LogP contribution in [0, 0.1) is 0 Å². The van der Waals surface area contributed by atoms with Gasteiger partial charge >= 0.3 is 0 Å². The quantitative estimate of drug-likeness (QED) is 0.548. The predicted octanol–water partition coefficient (Wildman–Crippen LogP) is 0.376. The molecule has 1 fully saturated rings. The van der Waals surface area contributed by atoms with Crippen molar-refractivity contribution in [3.05, 3.63) is 34.8 Å². The molecule has 9 nitrogen and oxygen atoms in total. The van der Waals surface area contributed by atoms with Crippen molar-refractivity contribution in [1.82, 2.24) is 29.9 Å². The topological polar surface area (TPSA) is 138 Å². The molecule has 0 aliphatic heterocycles. The summed E-state index contributed by atoms with van der Waals surface area (Å²) in [5.41, 5.74) is 7.68. The van der Waals surface area contributed by atoms with Crippen LogP contribution in [0.2, 0.25) is 0 Å². The number of aromatic amines is 2. The van der Waals surface area contributed by atoms with Crippen LogP contribution in [0.15, 0.2) is 23.5 Å². The van der Waals surface area contributed by atoms with Crippen LogP contribution in [-0.4, -0.2) is 35.9 Å². The number of nitrogen functional groups attached to an aromatic ring is 1. The third kappa shape index (κ3) is 2.16. The van der Waals surface area contributed by atoms with Crippen molar-refractivity contribution in [3.8, 4) is 0 Å². The van der Waals surface area contributed by atoms with E-state index in [9.17, 15) is 4.79 Å². The number of imidazole rings is 1. The summed E-state index contributed by atoms with van der Waals surface area (Å²) in [5, 5.41) is 3.35. The molecule has 0 spiro atoms. The van der Waals surface area contributed by atoms with E-state index >= 15 is 0 Å². The molecular weight excluding hydrogens is 284 g/mol. The molecule has 0 atom stereocenters. The highest BCUT2D eigenvalue weighted by molar-refractivity contribution is 5.83. The first-order chi connectivity index (χ1) is 10.7. The molecule has 3 aromatic rings. The Balaban J connectivity index is 1.49. The number of nitrogens with one attached hydrogen (secondary N) is 3. The second-order valence-corrected chi connectivity index (χ2v) is 5.38. The third-order valence-electron chi connectivity index (χ3n) is 3.90. The van der Waals surface area contributed by atoms with Gasteiger partial charge in [-0.05, 0) is 12.8 Å². The first-order valence-corrected chi connectivity index (χ1v) is 6.97. The first-order valence-electron chi connectivity index (χ1n) is 6.97. The summed E-state index contributed by atoms with van der Waals surface area (Å²) in [6.07, 6.45) is 4.78. The van der Waals surface area contributed by atoms with Gasteiger partial charge in [0.2, 0.25) is 5.95 Å². The highest BCUT2D eigenvalue weighted by Gasteiger charge is 2.32. The zero-order valence-electron chi connectivity index (χ0n) is 11.6. The lowest BCUT2D eigenvalue weighted by Gasteiger charge is -2.35. The second-order valence-electron chi connectivity index (χ2n) is 5.38. The van der Waals surface area contributed by atoms with Crippen LogP contribution in [0.4, 0.5) is 11.8 Å². The highest BCUT2D eigenvalue weighted by atomic mass is 16.1. The summed E-state index contributed by atoms with van der Waals surface area (Å²) in [5.74, 6) is 1.13. The molecule has 3 aromatic heterocycles. The van der Waals surface area contributed by atoms with Gasteiger partial charge in [0, 0.05) is 18.0 Å². The van der Waals surface area contributed by atoms with Crippen LogP contribution in [-0.2, 0) is 0 Å². The van der Waals surface area contributed by atoms with E-state index in [4.69, 9.17) is 5.73 Å². The lowest BCUT2D eigenvalue weighted by molar-refractivity contribution is 0.366. The van der Waals surface area contributed by atoms with E-state index in [0.717, 1.165) is 24.1 Å². The maximum atomic E-state index is 11.3. The van der Waals surface area contributed by atoms with Gasteiger partial charge < -0.3 is 21.0 Å². The average molecular weight is 298 g/mol. The number of fused-ring (bicyclic) bond motifs is 1. The molecule has 0 radical (unpaired) electrons. The monoisotopic (exact) mass is 298 g/mol. The van der Waals surface area contributed by atoms with Gasteiger partial charge in [-0.15, -0.1) is 0 Å². The summed E-state index contributed by atoms with van der Waals surface area (Å²) in [4.78, 5) is 33.4. The van der Waals surface area contributed by atoms with Crippen LogP contribution in [0.25, 0.3) is 11.2 Å². The zero-order chi connectivity index (χ0) is 15.1. The molecule has 1 saturated carbocycles. The maximum Gasteiger partial charge on any atom is 0.250 e. The van der Waals surface area contributed by atoms with E-state index in [1.165, 1.54) is 6.33 Å². The first kappa shape index (κ1) is 12.7. The highest BCUT2D eigenvalue weighted by Crippen LogP contribution is 2.37. The van der Waals surface area contributed by atoms with Crippen molar-refractivity contribution >= 4 is 22.9 Å². The van der Waals surface area contributed by atoms with Crippen LogP contribution in [0.5, 0.6) is 0 Å². The Kier molecular flexibility index (Phi) is 2.78. The lowest BCUT2D eigenvalue weighted by Crippen LogP contribution is -2.35. The molecule has 112 valence electrons. The van der Waals surface area contributed by atoms with E-state index in [1.54, 1.807) is 12.4 Å². The summed E-state index contributed by atoms with van der Waals surface area (Å²) in [6, 6.07) is 1.81. The second kappa shape index (κ2) is 4.79. The van der Waals surface area contributed by atoms with Gasteiger partial charge in [0.05, 0.1) is 18.3 Å². The van der Waals surface area contributed by atoms with Crippen LogP contribution >= 0.6 is 0 Å². The number of nitrogens with two attached hydrogens (primary N) is 1. The molecule has 22 heavy (non-hydrogen) atoms. The van der Waals surface area contributed by atoms with Crippen molar-refractivity contribution < 1.29 is 0 Å². The van der Waals surface area contributed by atoms with Crippen LogP contribution in [0.3, 0.4) is 0 Å². The van der Waals surface area contributed by atoms with Crippen LogP contribution in [0.1, 0.15) is 24.5 Å². The van der Waals surface area contributed by atoms with Gasteiger partial charge in [-0.2, -0.15) is 9.97 Å². The molecular formula is C13H14N8O. The fraction of sp³-hybridized carbons (Fsp3) is 0.308. The summed E-state index contributed by atoms with van der Waals surface area (Å²) < 4.78 is 0. The smallest absolute Gasteiger partial charge is 0.250 e. The molecule has 1 aliphatic carbocycles. The van der Waals surface area contributed by atoms with Gasteiger partial charge in [-0.3, -0.25) is 4.79 Å². The summed E-state index contributed by atoms with van der Waals surface area (Å²) in [7, 11) is 0. The number of nitrogens with zero attached hydrogens (tertiary/aromatic N) is 4. The number of hydrogen-bond donors (Lipinski definition) is 4. The standard InChI is InChI=1S/C13H14N8O/c14-13-20-11-10(17-5-18-11)12(21-13)19-7-1-6(2-7)8-3-9(22)16-4-15-8/h3-7H,1-2H2,(H,15,16,22)(H4,14,17,18,19,20,21). The number of anilines is 2. The van der Waals surface area contributed by atoms with E-state index < -0.39 is 0 Å². The normalized spacial score (nSPS) is 20.7. The van der Waals surface area contributed by atoms with Gasteiger partial charge in [0.15, 0.2) is 11.5 Å². The molecule has 5 N–H and O–H groups in total. The maximum absolute atomic E-state index is 11.3. The van der Waals surface area contributed by atoms with Gasteiger partial charge in [0.1, 0.15) is 5.52 Å². The third-order valence-corrected chi connectivity index (χ3v) is 3.90. The molecule has 1 aliphatic rings. The summed E-state index contributed by atoms with van der Waals surface area (Å²) >= 11 is 0. The Morgan fingerprint density at radius 3 is 2.82 bits per heavy atom. The molecule has 0 amide bonds. The van der Waals surface area contributed by atoms with E-state index in [-0.39, 0.29) is 23.5 Å². The van der Waals surface area contributed by atoms with Crippen molar-refractivity contribution in [3.63, 3.8) is 0 Å². The van der Waals surface area contributed by atoms with E-state index in [2.05, 4.69) is 35.2 Å². The number of rotatable bonds is 3. The van der Waals surface area contributed by atoms with Crippen molar-refractivity contribution in [2.45, 2.75) is 24.8 Å². The Bertz CT molecular complexity index is 879. The molecule has 0 aromatic carbocycles. The number of aromatic nitrogens is 6. The molecule has 3 heterocycles. The van der Waals surface area contributed by atoms with Gasteiger partial charge in [-0.1, -0.05) is 0 Å². The molecule has 0 bridgehead atoms.